The highest BCUT2D eigenvalue weighted by Gasteiger charge is 2.22. The highest BCUT2D eigenvalue weighted by Crippen LogP contribution is 2.16. The minimum Gasteiger partial charge on any atom is -0.365 e. The Morgan fingerprint density at radius 3 is 3.08 bits per heavy atom. The summed E-state index contributed by atoms with van der Waals surface area (Å²) in [6, 6.07) is 4.66. The van der Waals surface area contributed by atoms with Crippen LogP contribution >= 0.6 is 11.3 Å². The lowest BCUT2D eigenvalue weighted by molar-refractivity contribution is -0.124. The van der Waals surface area contributed by atoms with Gasteiger partial charge in [0.05, 0.1) is 18.1 Å². The van der Waals surface area contributed by atoms with Gasteiger partial charge in [0, 0.05) is 36.6 Å². The molecular weight excluding hydrogens is 338 g/mol. The molecule has 1 aliphatic heterocycles. The number of hydrogen-bond donors (Lipinski definition) is 3. The van der Waals surface area contributed by atoms with Gasteiger partial charge in [-0.2, -0.15) is 0 Å². The Morgan fingerprint density at radius 1 is 1.44 bits per heavy atom. The van der Waals surface area contributed by atoms with Gasteiger partial charge in [-0.15, -0.1) is 11.3 Å². The summed E-state index contributed by atoms with van der Waals surface area (Å²) in [6.07, 6.45) is 8.12. The average molecular weight is 359 g/mol. The molecule has 0 bridgehead atoms. The standard InChI is InChI=1S/C17H21N5O2S/c23-17(21-24)4-3-13-10-19-16(11-18-13)20-14-5-7-22(12-14)8-6-15-2-1-9-25-15/h1-4,9-11,14,24H,5-8,12H2,(H,19,20)(H,21,23)/t14-/m1/s1. The number of rotatable bonds is 7. The fraction of sp³-hybridized carbons (Fsp3) is 0.353. The molecule has 3 N–H and O–H groups in total. The van der Waals surface area contributed by atoms with Crippen LogP contribution in [0.3, 0.4) is 0 Å². The third kappa shape index (κ3) is 5.35. The zero-order valence-corrected chi connectivity index (χ0v) is 14.6. The van der Waals surface area contributed by atoms with Crippen molar-refractivity contribution in [2.75, 3.05) is 25.0 Å². The minimum atomic E-state index is -0.599. The van der Waals surface area contributed by atoms with Gasteiger partial charge >= 0.3 is 0 Å². The molecule has 0 radical (unpaired) electrons. The van der Waals surface area contributed by atoms with Crippen LogP contribution in [-0.4, -0.2) is 51.7 Å². The Bertz CT molecular complexity index is 702. The first-order valence-corrected chi connectivity index (χ1v) is 9.06. The molecule has 7 nitrogen and oxygen atoms in total. The molecule has 1 fully saturated rings. The van der Waals surface area contributed by atoms with Gasteiger partial charge in [-0.3, -0.25) is 15.0 Å². The van der Waals surface area contributed by atoms with Crippen LogP contribution in [0.4, 0.5) is 5.82 Å². The summed E-state index contributed by atoms with van der Waals surface area (Å²) in [7, 11) is 0. The smallest absolute Gasteiger partial charge is 0.267 e. The monoisotopic (exact) mass is 359 g/mol. The topological polar surface area (TPSA) is 90.4 Å². The molecule has 25 heavy (non-hydrogen) atoms. The molecule has 132 valence electrons. The Kier molecular flexibility index (Phi) is 6.10. The maximum absolute atomic E-state index is 10.9. The quantitative estimate of drug-likeness (QED) is 0.397. The third-order valence-corrected chi connectivity index (χ3v) is 5.00. The summed E-state index contributed by atoms with van der Waals surface area (Å²) in [5.74, 6) is 0.131. The second kappa shape index (κ2) is 8.70. The fourth-order valence-electron chi connectivity index (χ4n) is 2.78. The number of hydrogen-bond acceptors (Lipinski definition) is 7. The van der Waals surface area contributed by atoms with E-state index >= 15 is 0 Å². The Morgan fingerprint density at radius 2 is 2.36 bits per heavy atom. The predicted octanol–water partition coefficient (Wildman–Crippen LogP) is 1.79. The van der Waals surface area contributed by atoms with E-state index in [1.165, 1.54) is 22.5 Å². The van der Waals surface area contributed by atoms with Crippen LogP contribution in [0, 0.1) is 0 Å². The zero-order chi connectivity index (χ0) is 17.5. The predicted molar refractivity (Wildman–Crippen MR) is 97.5 cm³/mol. The summed E-state index contributed by atoms with van der Waals surface area (Å²) in [6.45, 7) is 3.18. The van der Waals surface area contributed by atoms with Crippen LogP contribution in [0.15, 0.2) is 36.0 Å². The maximum atomic E-state index is 10.9. The van der Waals surface area contributed by atoms with E-state index in [4.69, 9.17) is 5.21 Å². The first kappa shape index (κ1) is 17.5. The number of nitrogens with one attached hydrogen (secondary N) is 2. The van der Waals surface area contributed by atoms with E-state index in [1.807, 2.05) is 11.3 Å². The Labute approximate surface area is 150 Å². The normalized spacial score (nSPS) is 17.9. The molecule has 0 saturated carbocycles. The van der Waals surface area contributed by atoms with Crippen LogP contribution in [0.2, 0.25) is 0 Å². The SMILES string of the molecule is O=C(C=Cc1cnc(N[C@@H]2CCN(CCc3cccs3)C2)cn1)NO. The van der Waals surface area contributed by atoms with Crippen LogP contribution < -0.4 is 10.8 Å². The fourth-order valence-corrected chi connectivity index (χ4v) is 3.48. The number of carbonyl (C=O) groups excluding carboxylic acids is 1. The first-order valence-electron chi connectivity index (χ1n) is 8.18. The first-order chi connectivity index (χ1) is 12.2. The molecule has 1 aliphatic rings. The van der Waals surface area contributed by atoms with E-state index in [2.05, 4.69) is 37.7 Å². The lowest BCUT2D eigenvalue weighted by Crippen LogP contribution is -2.28. The number of likely N-dealkylation sites (tertiary alicyclic amines) is 1. The lowest BCUT2D eigenvalue weighted by atomic mass is 10.2. The van der Waals surface area contributed by atoms with Gasteiger partial charge in [0.2, 0.25) is 0 Å². The van der Waals surface area contributed by atoms with E-state index in [0.717, 1.165) is 38.3 Å². The van der Waals surface area contributed by atoms with Gasteiger partial charge in [-0.25, -0.2) is 10.5 Å². The van der Waals surface area contributed by atoms with Gasteiger partial charge in [0.25, 0.3) is 5.91 Å². The van der Waals surface area contributed by atoms with Gasteiger partial charge < -0.3 is 10.2 Å². The summed E-state index contributed by atoms with van der Waals surface area (Å²) in [5.41, 5.74) is 2.08. The molecule has 1 amide bonds. The molecular formula is C17H21N5O2S. The summed E-state index contributed by atoms with van der Waals surface area (Å²) < 4.78 is 0. The van der Waals surface area contributed by atoms with E-state index in [0.29, 0.717) is 11.7 Å². The van der Waals surface area contributed by atoms with Crippen molar-refractivity contribution in [2.24, 2.45) is 0 Å². The number of aromatic nitrogens is 2. The highest BCUT2D eigenvalue weighted by atomic mass is 32.1. The summed E-state index contributed by atoms with van der Waals surface area (Å²) >= 11 is 1.81. The van der Waals surface area contributed by atoms with Crippen molar-refractivity contribution in [3.05, 3.63) is 46.6 Å². The number of amides is 1. The van der Waals surface area contributed by atoms with Gasteiger partial charge in [0.1, 0.15) is 5.82 Å². The Hall–Kier alpha value is -2.29. The average Bonchev–Trinajstić information content (AvgIpc) is 3.31. The minimum absolute atomic E-state index is 0.374. The second-order valence-corrected chi connectivity index (χ2v) is 6.93. The number of hydroxylamine groups is 1. The Balaban J connectivity index is 1.45. The van der Waals surface area contributed by atoms with Crippen molar-refractivity contribution >= 4 is 29.1 Å². The molecule has 1 saturated heterocycles. The largest absolute Gasteiger partial charge is 0.365 e. The lowest BCUT2D eigenvalue weighted by Gasteiger charge is -2.16. The van der Waals surface area contributed by atoms with Crippen molar-refractivity contribution in [1.82, 2.24) is 20.3 Å². The van der Waals surface area contributed by atoms with Crippen LogP contribution in [0.5, 0.6) is 0 Å². The highest BCUT2D eigenvalue weighted by molar-refractivity contribution is 7.09. The molecule has 2 aromatic rings. The van der Waals surface area contributed by atoms with E-state index in [1.54, 1.807) is 12.4 Å². The molecule has 3 rings (SSSR count). The van der Waals surface area contributed by atoms with E-state index in [9.17, 15) is 4.79 Å². The molecule has 2 aromatic heterocycles. The summed E-state index contributed by atoms with van der Waals surface area (Å²) in [4.78, 5) is 23.4. The van der Waals surface area contributed by atoms with Crippen molar-refractivity contribution in [3.8, 4) is 0 Å². The van der Waals surface area contributed by atoms with Crippen molar-refractivity contribution < 1.29 is 10.0 Å². The number of thiophene rings is 1. The van der Waals surface area contributed by atoms with E-state index < -0.39 is 5.91 Å². The second-order valence-electron chi connectivity index (χ2n) is 5.90. The maximum Gasteiger partial charge on any atom is 0.267 e. The molecule has 0 unspecified atom stereocenters. The van der Waals surface area contributed by atoms with Crippen molar-refractivity contribution in [2.45, 2.75) is 18.9 Å². The molecule has 8 heteroatoms. The van der Waals surface area contributed by atoms with Gasteiger partial charge in [-0.1, -0.05) is 6.07 Å². The molecule has 0 spiro atoms. The molecule has 1 atom stereocenters. The molecule has 0 aliphatic carbocycles. The van der Waals surface area contributed by atoms with Crippen LogP contribution in [0.25, 0.3) is 6.08 Å². The number of anilines is 1. The van der Waals surface area contributed by atoms with Gasteiger partial charge in [-0.05, 0) is 30.4 Å². The zero-order valence-electron chi connectivity index (χ0n) is 13.8. The number of nitrogens with zero attached hydrogens (tertiary/aromatic N) is 3. The molecule has 3 heterocycles. The number of carbonyl (C=O) groups is 1. The van der Waals surface area contributed by atoms with E-state index in [-0.39, 0.29) is 0 Å². The van der Waals surface area contributed by atoms with Gasteiger partial charge in [0.15, 0.2) is 0 Å². The van der Waals surface area contributed by atoms with Crippen LogP contribution in [-0.2, 0) is 11.2 Å². The van der Waals surface area contributed by atoms with Crippen molar-refractivity contribution in [1.29, 1.82) is 0 Å². The third-order valence-electron chi connectivity index (χ3n) is 4.07. The summed E-state index contributed by atoms with van der Waals surface area (Å²) in [5, 5.41) is 14.0. The van der Waals surface area contributed by atoms with Crippen LogP contribution in [0.1, 0.15) is 17.0 Å². The van der Waals surface area contributed by atoms with Crippen molar-refractivity contribution in [3.63, 3.8) is 0 Å². The molecule has 0 aromatic carbocycles.